The van der Waals surface area contributed by atoms with Crippen molar-refractivity contribution in [3.8, 4) is 33.9 Å². The lowest BCUT2D eigenvalue weighted by atomic mass is 9.87. The molecule has 2 aromatic heterocycles. The molecule has 0 spiro atoms. The third kappa shape index (κ3) is 3.67. The Bertz CT molecular complexity index is 2760. The molecule has 212 valence electrons. The van der Waals surface area contributed by atoms with Crippen molar-refractivity contribution in [3.63, 3.8) is 0 Å². The number of rotatable bonds is 3. The van der Waals surface area contributed by atoms with Crippen molar-refractivity contribution in [2.75, 3.05) is 0 Å². The van der Waals surface area contributed by atoms with Gasteiger partial charge in [-0.2, -0.15) is 0 Å². The molecule has 0 unspecified atom stereocenters. The number of nitrogens with zero attached hydrogens (tertiary/aromatic N) is 4. The third-order valence-corrected chi connectivity index (χ3v) is 9.36. The minimum absolute atomic E-state index is 0.678. The molecule has 0 bridgehead atoms. The van der Waals surface area contributed by atoms with Crippen molar-refractivity contribution >= 4 is 64.6 Å². The smallest absolute Gasteiger partial charge is 0.159 e. The highest BCUT2D eigenvalue weighted by atomic mass is 15.1. The van der Waals surface area contributed by atoms with Crippen LogP contribution in [0, 0.1) is 0 Å². The molecule has 4 nitrogen and oxygen atoms in total. The lowest BCUT2D eigenvalue weighted by Gasteiger charge is -2.16. The van der Waals surface area contributed by atoms with E-state index in [0.717, 1.165) is 28.1 Å². The molecule has 0 aliphatic carbocycles. The molecule has 46 heavy (non-hydrogen) atoms. The Labute approximate surface area is 264 Å². The van der Waals surface area contributed by atoms with E-state index < -0.39 is 0 Å². The second kappa shape index (κ2) is 9.62. The molecular formula is C42H24N4. The molecule has 4 heteroatoms. The van der Waals surface area contributed by atoms with Gasteiger partial charge in [0.2, 0.25) is 0 Å². The average molecular weight is 585 g/mol. The second-order valence-corrected chi connectivity index (χ2v) is 11.9. The molecule has 0 N–H and O–H groups in total. The molecule has 0 atom stereocenters. The number of hydrogen-bond acceptors (Lipinski definition) is 4. The molecule has 2 heterocycles. The van der Waals surface area contributed by atoms with Crippen LogP contribution in [0.3, 0.4) is 0 Å². The summed E-state index contributed by atoms with van der Waals surface area (Å²) in [5.41, 5.74) is 4.42. The quantitative estimate of drug-likeness (QED) is 0.194. The Kier molecular flexibility index (Phi) is 5.25. The van der Waals surface area contributed by atoms with Gasteiger partial charge < -0.3 is 0 Å². The minimum Gasteiger partial charge on any atom is -0.236 e. The highest BCUT2D eigenvalue weighted by Crippen LogP contribution is 2.44. The van der Waals surface area contributed by atoms with Gasteiger partial charge in [0.1, 0.15) is 0 Å². The first-order valence-electron chi connectivity index (χ1n) is 15.5. The topological polar surface area (TPSA) is 51.6 Å². The summed E-state index contributed by atoms with van der Waals surface area (Å²) in [6, 6.07) is 47.5. The van der Waals surface area contributed by atoms with E-state index in [0.29, 0.717) is 5.82 Å². The standard InChI is InChI=1S/C42H24N4/c1-2-7-25(8-3-1)36-19-20-37(46-45-36)31-23-43-42(44-24-31)30-21-29-18-17-28-10-5-13-33-32-12-4-9-26-15-16-27-11-6-14-34(40(27)38(26)32)35(22-30)41(29)39(28)33/h1-24H. The Balaban J connectivity index is 1.21. The first kappa shape index (κ1) is 25.1. The molecule has 0 saturated heterocycles. The fourth-order valence-corrected chi connectivity index (χ4v) is 7.27. The molecule has 0 fully saturated rings. The molecule has 0 aliphatic rings. The van der Waals surface area contributed by atoms with Crippen LogP contribution in [0.5, 0.6) is 0 Å². The summed E-state index contributed by atoms with van der Waals surface area (Å²) in [6.07, 6.45) is 3.69. The van der Waals surface area contributed by atoms with Crippen LogP contribution >= 0.6 is 0 Å². The maximum absolute atomic E-state index is 4.85. The lowest BCUT2D eigenvalue weighted by molar-refractivity contribution is 1.04. The average Bonchev–Trinajstić information content (AvgIpc) is 3.13. The van der Waals surface area contributed by atoms with Crippen molar-refractivity contribution in [2.24, 2.45) is 0 Å². The number of aromatic nitrogens is 4. The Hall–Kier alpha value is -6.26. The van der Waals surface area contributed by atoms with Gasteiger partial charge in [-0.15, -0.1) is 10.2 Å². The monoisotopic (exact) mass is 584 g/mol. The molecule has 0 aliphatic heterocycles. The van der Waals surface area contributed by atoms with E-state index in [1.54, 1.807) is 0 Å². The number of hydrogen-bond donors (Lipinski definition) is 0. The SMILES string of the molecule is c1ccc(-c2ccc(-c3cnc(-c4cc5ccc6cccc7c8cccc9ccc%10cccc(c(c4)c5c67)c%10c98)nc3)nn2)cc1. The first-order chi connectivity index (χ1) is 22.8. The Morgan fingerprint density at radius 3 is 1.39 bits per heavy atom. The van der Waals surface area contributed by atoms with Gasteiger partial charge in [0.05, 0.1) is 11.4 Å². The van der Waals surface area contributed by atoms with Crippen LogP contribution in [0.1, 0.15) is 0 Å². The first-order valence-corrected chi connectivity index (χ1v) is 15.5. The van der Waals surface area contributed by atoms with E-state index in [4.69, 9.17) is 9.97 Å². The molecule has 0 amide bonds. The third-order valence-electron chi connectivity index (χ3n) is 9.36. The van der Waals surface area contributed by atoms with Gasteiger partial charge in [-0.3, -0.25) is 0 Å². The Morgan fingerprint density at radius 1 is 0.326 bits per heavy atom. The largest absolute Gasteiger partial charge is 0.236 e. The fourth-order valence-electron chi connectivity index (χ4n) is 7.27. The molecule has 10 rings (SSSR count). The number of fused-ring (bicyclic) bond motifs is 2. The van der Waals surface area contributed by atoms with E-state index in [-0.39, 0.29) is 0 Å². The zero-order chi connectivity index (χ0) is 30.2. The van der Waals surface area contributed by atoms with Crippen molar-refractivity contribution in [2.45, 2.75) is 0 Å². The molecule has 0 saturated carbocycles. The fraction of sp³-hybridized carbons (Fsp3) is 0. The van der Waals surface area contributed by atoms with Crippen molar-refractivity contribution < 1.29 is 0 Å². The lowest BCUT2D eigenvalue weighted by Crippen LogP contribution is -1.94. The molecule has 0 radical (unpaired) electrons. The van der Waals surface area contributed by atoms with Crippen molar-refractivity contribution in [1.29, 1.82) is 0 Å². The van der Waals surface area contributed by atoms with Crippen molar-refractivity contribution in [3.05, 3.63) is 146 Å². The molecule has 8 aromatic carbocycles. The minimum atomic E-state index is 0.678. The van der Waals surface area contributed by atoms with Gasteiger partial charge in [-0.1, -0.05) is 109 Å². The zero-order valence-corrected chi connectivity index (χ0v) is 24.6. The van der Waals surface area contributed by atoms with E-state index in [1.807, 2.05) is 54.9 Å². The van der Waals surface area contributed by atoms with Gasteiger partial charge in [0.25, 0.3) is 0 Å². The van der Waals surface area contributed by atoms with E-state index in [1.165, 1.54) is 64.6 Å². The summed E-state index contributed by atoms with van der Waals surface area (Å²) in [5.74, 6) is 0.678. The van der Waals surface area contributed by atoms with Gasteiger partial charge in [0.15, 0.2) is 5.82 Å². The normalized spacial score (nSPS) is 11.9. The highest BCUT2D eigenvalue weighted by Gasteiger charge is 2.17. The van der Waals surface area contributed by atoms with Gasteiger partial charge >= 0.3 is 0 Å². The van der Waals surface area contributed by atoms with Crippen LogP contribution in [0.25, 0.3) is 98.5 Å². The second-order valence-electron chi connectivity index (χ2n) is 11.9. The number of benzene rings is 7. The van der Waals surface area contributed by atoms with Gasteiger partial charge in [-0.25, -0.2) is 9.97 Å². The van der Waals surface area contributed by atoms with E-state index >= 15 is 0 Å². The highest BCUT2D eigenvalue weighted by molar-refractivity contribution is 6.37. The van der Waals surface area contributed by atoms with E-state index in [2.05, 4.69) is 101 Å². The van der Waals surface area contributed by atoms with Gasteiger partial charge in [-0.05, 0) is 88.9 Å². The zero-order valence-electron chi connectivity index (χ0n) is 24.6. The van der Waals surface area contributed by atoms with Crippen molar-refractivity contribution in [1.82, 2.24) is 20.2 Å². The van der Waals surface area contributed by atoms with Crippen LogP contribution in [0.15, 0.2) is 146 Å². The Morgan fingerprint density at radius 2 is 0.826 bits per heavy atom. The summed E-state index contributed by atoms with van der Waals surface area (Å²) >= 11 is 0. The summed E-state index contributed by atoms with van der Waals surface area (Å²) in [7, 11) is 0. The van der Waals surface area contributed by atoms with E-state index in [9.17, 15) is 0 Å². The van der Waals surface area contributed by atoms with Crippen LogP contribution in [-0.2, 0) is 0 Å². The summed E-state index contributed by atoms with van der Waals surface area (Å²) in [4.78, 5) is 9.71. The van der Waals surface area contributed by atoms with Gasteiger partial charge in [0, 0.05) is 29.1 Å². The van der Waals surface area contributed by atoms with Crippen LogP contribution in [0.4, 0.5) is 0 Å². The summed E-state index contributed by atoms with van der Waals surface area (Å²) in [5, 5.41) is 24.0. The summed E-state index contributed by atoms with van der Waals surface area (Å²) in [6.45, 7) is 0. The predicted octanol–water partition coefficient (Wildman–Crippen LogP) is 10.6. The summed E-state index contributed by atoms with van der Waals surface area (Å²) < 4.78 is 0. The van der Waals surface area contributed by atoms with Crippen LogP contribution in [-0.4, -0.2) is 20.2 Å². The van der Waals surface area contributed by atoms with Crippen LogP contribution in [0.2, 0.25) is 0 Å². The maximum Gasteiger partial charge on any atom is 0.159 e. The maximum atomic E-state index is 4.85. The predicted molar refractivity (Wildman–Crippen MR) is 190 cm³/mol. The molecular weight excluding hydrogens is 560 g/mol. The molecule has 10 aromatic rings. The van der Waals surface area contributed by atoms with Crippen LogP contribution < -0.4 is 0 Å².